The maximum Gasteiger partial charge on any atom is 0.387 e. The number of aromatic amines is 1. The summed E-state index contributed by atoms with van der Waals surface area (Å²) in [6.07, 6.45) is 4.32. The van der Waals surface area contributed by atoms with Crippen LogP contribution < -0.4 is 9.47 Å². The Morgan fingerprint density at radius 1 is 1.07 bits per heavy atom. The maximum absolute atomic E-state index is 12.2. The molecule has 2 heterocycles. The second-order valence-corrected chi connectivity index (χ2v) is 7.23. The summed E-state index contributed by atoms with van der Waals surface area (Å²) < 4.78 is 34.3. The molecular formula is C22H24F2N2O2. The first-order chi connectivity index (χ1) is 13.6. The van der Waals surface area contributed by atoms with Crippen LogP contribution in [-0.4, -0.2) is 36.7 Å². The summed E-state index contributed by atoms with van der Waals surface area (Å²) in [7, 11) is 1.69. The Bertz CT molecular complexity index is 916. The van der Waals surface area contributed by atoms with E-state index in [4.69, 9.17) is 4.74 Å². The van der Waals surface area contributed by atoms with Gasteiger partial charge in [-0.05, 0) is 73.3 Å². The van der Waals surface area contributed by atoms with Gasteiger partial charge in [0, 0.05) is 23.6 Å². The number of piperidine rings is 1. The third kappa shape index (κ3) is 4.12. The Balaban J connectivity index is 1.37. The van der Waals surface area contributed by atoms with E-state index in [1.807, 2.05) is 18.2 Å². The molecule has 0 amide bonds. The fourth-order valence-electron chi connectivity index (χ4n) is 4.02. The van der Waals surface area contributed by atoms with E-state index in [1.165, 1.54) is 10.9 Å². The number of fused-ring (bicyclic) bond motifs is 1. The smallest absolute Gasteiger partial charge is 0.387 e. The number of ether oxygens (including phenoxy) is 2. The number of aromatic nitrogens is 1. The van der Waals surface area contributed by atoms with Crippen LogP contribution in [0.4, 0.5) is 8.78 Å². The molecule has 1 aliphatic rings. The molecule has 0 atom stereocenters. The minimum absolute atomic E-state index is 0.201. The topological polar surface area (TPSA) is 37.5 Å². The Hall–Kier alpha value is -2.60. The lowest BCUT2D eigenvalue weighted by molar-refractivity contribution is -0.0498. The lowest BCUT2D eigenvalue weighted by Crippen LogP contribution is -2.32. The van der Waals surface area contributed by atoms with Crippen molar-refractivity contribution in [2.75, 3.05) is 20.2 Å². The number of alkyl halides is 2. The van der Waals surface area contributed by atoms with Gasteiger partial charge in [-0.15, -0.1) is 0 Å². The first-order valence-electron chi connectivity index (χ1n) is 9.53. The van der Waals surface area contributed by atoms with Crippen molar-refractivity contribution in [2.24, 2.45) is 0 Å². The van der Waals surface area contributed by atoms with Crippen LogP contribution in [0.2, 0.25) is 0 Å². The molecule has 0 bridgehead atoms. The molecule has 1 fully saturated rings. The van der Waals surface area contributed by atoms with Gasteiger partial charge >= 0.3 is 6.61 Å². The van der Waals surface area contributed by atoms with Gasteiger partial charge in [0.05, 0.1) is 7.11 Å². The maximum atomic E-state index is 12.2. The van der Waals surface area contributed by atoms with Crippen LogP contribution in [0.15, 0.2) is 48.7 Å². The molecule has 6 heteroatoms. The number of nitrogens with zero attached hydrogens (tertiary/aromatic N) is 1. The lowest BCUT2D eigenvalue weighted by Gasteiger charge is -2.32. The SMILES string of the molecule is COc1ccc2[nH]cc(C3CCN(Cc4ccc(OC(F)F)cc4)CC3)c2c1. The number of benzene rings is 2. The van der Waals surface area contributed by atoms with E-state index in [1.54, 1.807) is 19.2 Å². The number of rotatable bonds is 6. The van der Waals surface area contributed by atoms with Crippen LogP contribution >= 0.6 is 0 Å². The number of nitrogens with one attached hydrogen (secondary N) is 1. The fraction of sp³-hybridized carbons (Fsp3) is 0.364. The molecule has 1 aromatic heterocycles. The Morgan fingerprint density at radius 2 is 1.79 bits per heavy atom. The molecule has 148 valence electrons. The highest BCUT2D eigenvalue weighted by Crippen LogP contribution is 2.35. The van der Waals surface area contributed by atoms with Crippen molar-refractivity contribution in [3.63, 3.8) is 0 Å². The Morgan fingerprint density at radius 3 is 2.46 bits per heavy atom. The summed E-state index contributed by atoms with van der Waals surface area (Å²) in [5, 5.41) is 1.24. The molecule has 0 aliphatic carbocycles. The van der Waals surface area contributed by atoms with Gasteiger partial charge in [0.1, 0.15) is 11.5 Å². The van der Waals surface area contributed by atoms with Gasteiger partial charge in [-0.3, -0.25) is 4.90 Å². The molecule has 1 N–H and O–H groups in total. The normalized spacial score (nSPS) is 16.0. The molecule has 1 saturated heterocycles. The zero-order chi connectivity index (χ0) is 19.5. The van der Waals surface area contributed by atoms with Crippen LogP contribution in [-0.2, 0) is 6.54 Å². The van der Waals surface area contributed by atoms with Crippen molar-refractivity contribution in [1.29, 1.82) is 0 Å². The van der Waals surface area contributed by atoms with Crippen molar-refractivity contribution in [3.05, 3.63) is 59.8 Å². The molecule has 1 aliphatic heterocycles. The summed E-state index contributed by atoms with van der Waals surface area (Å²) in [4.78, 5) is 5.78. The second-order valence-electron chi connectivity index (χ2n) is 7.23. The Kier molecular flexibility index (Phi) is 5.48. The van der Waals surface area contributed by atoms with Crippen molar-refractivity contribution in [1.82, 2.24) is 9.88 Å². The predicted octanol–water partition coefficient (Wildman–Crippen LogP) is 5.16. The monoisotopic (exact) mass is 386 g/mol. The third-order valence-electron chi connectivity index (χ3n) is 5.50. The number of H-pyrrole nitrogens is 1. The van der Waals surface area contributed by atoms with Gasteiger partial charge < -0.3 is 14.5 Å². The molecule has 2 aromatic carbocycles. The largest absolute Gasteiger partial charge is 0.497 e. The third-order valence-corrected chi connectivity index (χ3v) is 5.50. The fourth-order valence-corrected chi connectivity index (χ4v) is 4.02. The standard InChI is InChI=1S/C22H24F2N2O2/c1-27-18-6-7-21-19(12-18)20(13-25-21)16-8-10-26(11-9-16)14-15-2-4-17(5-3-15)28-22(23)24/h2-7,12-13,16,22,25H,8-11,14H2,1H3. The summed E-state index contributed by atoms with van der Waals surface area (Å²) in [5.41, 5.74) is 3.61. The minimum atomic E-state index is -2.78. The average molecular weight is 386 g/mol. The van der Waals surface area contributed by atoms with Gasteiger partial charge in [-0.1, -0.05) is 12.1 Å². The van der Waals surface area contributed by atoms with Gasteiger partial charge in [0.15, 0.2) is 0 Å². The van der Waals surface area contributed by atoms with Crippen molar-refractivity contribution < 1.29 is 18.3 Å². The number of likely N-dealkylation sites (tertiary alicyclic amines) is 1. The predicted molar refractivity (Wildman–Crippen MR) is 105 cm³/mol. The molecule has 0 spiro atoms. The number of halogens is 2. The molecule has 0 saturated carbocycles. The minimum Gasteiger partial charge on any atom is -0.497 e. The Labute approximate surface area is 163 Å². The van der Waals surface area contributed by atoms with Crippen LogP contribution in [0.25, 0.3) is 10.9 Å². The van der Waals surface area contributed by atoms with Gasteiger partial charge in [0.2, 0.25) is 0 Å². The zero-order valence-electron chi connectivity index (χ0n) is 15.8. The van der Waals surface area contributed by atoms with E-state index in [0.29, 0.717) is 5.92 Å². The van der Waals surface area contributed by atoms with Gasteiger partial charge in [0.25, 0.3) is 0 Å². The molecular weight excluding hydrogens is 362 g/mol. The van der Waals surface area contributed by atoms with Crippen molar-refractivity contribution >= 4 is 10.9 Å². The molecule has 0 unspecified atom stereocenters. The summed E-state index contributed by atoms with van der Waals surface area (Å²) in [6.45, 7) is 0.0608. The van der Waals surface area contributed by atoms with Crippen LogP contribution in [0.3, 0.4) is 0 Å². The zero-order valence-corrected chi connectivity index (χ0v) is 15.8. The van der Waals surface area contributed by atoms with Crippen molar-refractivity contribution in [2.45, 2.75) is 31.9 Å². The molecule has 4 rings (SSSR count). The van der Waals surface area contributed by atoms with E-state index in [-0.39, 0.29) is 5.75 Å². The highest BCUT2D eigenvalue weighted by molar-refractivity contribution is 5.85. The van der Waals surface area contributed by atoms with Crippen LogP contribution in [0, 0.1) is 0 Å². The number of hydrogen-bond donors (Lipinski definition) is 1. The summed E-state index contributed by atoms with van der Waals surface area (Å²) in [6, 6.07) is 13.1. The van der Waals surface area contributed by atoms with Gasteiger partial charge in [-0.25, -0.2) is 0 Å². The first-order valence-corrected chi connectivity index (χ1v) is 9.53. The van der Waals surface area contributed by atoms with E-state index >= 15 is 0 Å². The highest BCUT2D eigenvalue weighted by atomic mass is 19.3. The quantitative estimate of drug-likeness (QED) is 0.636. The molecule has 3 aromatic rings. The van der Waals surface area contributed by atoms with Crippen LogP contribution in [0.1, 0.15) is 29.9 Å². The van der Waals surface area contributed by atoms with E-state index in [2.05, 4.69) is 33.0 Å². The van der Waals surface area contributed by atoms with E-state index in [0.717, 1.165) is 49.3 Å². The average Bonchev–Trinajstić information content (AvgIpc) is 3.13. The molecule has 28 heavy (non-hydrogen) atoms. The van der Waals surface area contributed by atoms with E-state index in [9.17, 15) is 8.78 Å². The lowest BCUT2D eigenvalue weighted by atomic mass is 9.89. The summed E-state index contributed by atoms with van der Waals surface area (Å²) in [5.74, 6) is 1.61. The second kappa shape index (κ2) is 8.19. The summed E-state index contributed by atoms with van der Waals surface area (Å²) >= 11 is 0. The molecule has 4 nitrogen and oxygen atoms in total. The van der Waals surface area contributed by atoms with Crippen LogP contribution in [0.5, 0.6) is 11.5 Å². The van der Waals surface area contributed by atoms with Gasteiger partial charge in [-0.2, -0.15) is 8.78 Å². The van der Waals surface area contributed by atoms with E-state index < -0.39 is 6.61 Å². The highest BCUT2D eigenvalue weighted by Gasteiger charge is 2.23. The first kappa shape index (κ1) is 18.7. The number of hydrogen-bond acceptors (Lipinski definition) is 3. The molecule has 0 radical (unpaired) electrons. The number of methoxy groups -OCH3 is 1. The van der Waals surface area contributed by atoms with Crippen molar-refractivity contribution in [3.8, 4) is 11.5 Å².